The summed E-state index contributed by atoms with van der Waals surface area (Å²) in [7, 11) is 1.62. The lowest BCUT2D eigenvalue weighted by Gasteiger charge is -2.36. The van der Waals surface area contributed by atoms with Crippen LogP contribution in [0.3, 0.4) is 0 Å². The van der Waals surface area contributed by atoms with E-state index in [-0.39, 0.29) is 30.6 Å². The second kappa shape index (κ2) is 8.52. The highest BCUT2D eigenvalue weighted by Gasteiger charge is 2.35. The smallest absolute Gasteiger partial charge is 0.410 e. The second-order valence-corrected chi connectivity index (χ2v) is 6.67. The Morgan fingerprint density at radius 1 is 1.41 bits per heavy atom. The van der Waals surface area contributed by atoms with E-state index in [1.165, 1.54) is 4.90 Å². The summed E-state index contributed by atoms with van der Waals surface area (Å²) in [5.41, 5.74) is 6.89. The molecule has 1 aromatic carbocycles. The maximum atomic E-state index is 12.2. The number of carbonyl (C=O) groups is 3. The first-order chi connectivity index (χ1) is 12.7. The number of ether oxygens (including phenoxy) is 1. The normalized spacial score (nSPS) is 20.5. The predicted octanol–water partition coefficient (Wildman–Crippen LogP) is 1.22. The largest absolute Gasteiger partial charge is 0.481 e. The average molecular weight is 376 g/mol. The third-order valence-corrected chi connectivity index (χ3v) is 4.42. The average Bonchev–Trinajstić information content (AvgIpc) is 2.57. The number of hydrogen-bond acceptors (Lipinski definition) is 5. The summed E-state index contributed by atoms with van der Waals surface area (Å²) in [6.45, 7) is 1.60. The van der Waals surface area contributed by atoms with Crippen LogP contribution >= 0.6 is 0 Å². The molecule has 5 N–H and O–H groups in total. The van der Waals surface area contributed by atoms with Crippen molar-refractivity contribution >= 4 is 23.8 Å². The van der Waals surface area contributed by atoms with Gasteiger partial charge >= 0.3 is 12.1 Å². The van der Waals surface area contributed by atoms with Gasteiger partial charge in [0.05, 0.1) is 18.9 Å². The SMILES string of the molecule is C[C@H](CC(=O)O)NC(=O)C[C@H]1C[C@@H](c2ccc(C(=N)N)cc2)N(C)C(=O)O1. The first-order valence-corrected chi connectivity index (χ1v) is 8.56. The summed E-state index contributed by atoms with van der Waals surface area (Å²) in [5, 5.41) is 18.8. The Morgan fingerprint density at radius 2 is 2.04 bits per heavy atom. The van der Waals surface area contributed by atoms with Crippen LogP contribution in [0.5, 0.6) is 0 Å². The van der Waals surface area contributed by atoms with Gasteiger partial charge in [0.1, 0.15) is 11.9 Å². The van der Waals surface area contributed by atoms with Crippen molar-refractivity contribution in [1.29, 1.82) is 5.41 Å². The number of nitrogens with zero attached hydrogens (tertiary/aromatic N) is 1. The molecule has 1 aliphatic rings. The second-order valence-electron chi connectivity index (χ2n) is 6.67. The van der Waals surface area contributed by atoms with Crippen molar-refractivity contribution in [2.45, 2.75) is 44.4 Å². The molecule has 0 aliphatic carbocycles. The number of amides is 2. The number of nitrogens with two attached hydrogens (primary N) is 1. The van der Waals surface area contributed by atoms with E-state index in [0.29, 0.717) is 12.0 Å². The summed E-state index contributed by atoms with van der Waals surface area (Å²) in [6, 6.07) is 6.22. The standard InChI is InChI=1S/C18H24N4O5/c1-10(7-16(24)25)21-15(23)9-13-8-14(22(2)18(26)27-13)11-3-5-12(6-4-11)17(19)20/h3-6,10,13-14H,7-9H2,1-2H3,(H3,19,20)(H,21,23)(H,24,25)/t10-,13-,14+/m1/s1. The molecule has 1 aliphatic heterocycles. The number of carboxylic acid groups (broad SMARTS) is 1. The van der Waals surface area contributed by atoms with Crippen LogP contribution < -0.4 is 11.1 Å². The van der Waals surface area contributed by atoms with Gasteiger partial charge in [-0.2, -0.15) is 0 Å². The van der Waals surface area contributed by atoms with Crippen LogP contribution in [0.2, 0.25) is 0 Å². The molecule has 9 nitrogen and oxygen atoms in total. The van der Waals surface area contributed by atoms with Crippen LogP contribution in [0, 0.1) is 5.41 Å². The highest BCUT2D eigenvalue weighted by Crippen LogP contribution is 2.31. The molecule has 3 atom stereocenters. The molecule has 9 heteroatoms. The highest BCUT2D eigenvalue weighted by molar-refractivity contribution is 5.94. The molecule has 0 aromatic heterocycles. The van der Waals surface area contributed by atoms with Crippen molar-refractivity contribution in [1.82, 2.24) is 10.2 Å². The van der Waals surface area contributed by atoms with Crippen molar-refractivity contribution in [2.24, 2.45) is 5.73 Å². The van der Waals surface area contributed by atoms with Crippen molar-refractivity contribution in [2.75, 3.05) is 7.05 Å². The monoisotopic (exact) mass is 376 g/mol. The summed E-state index contributed by atoms with van der Waals surface area (Å²) >= 11 is 0. The van der Waals surface area contributed by atoms with Crippen molar-refractivity contribution in [3.05, 3.63) is 35.4 Å². The minimum absolute atomic E-state index is 0.0361. The number of carboxylic acids is 1. The molecule has 1 fully saturated rings. The zero-order chi connectivity index (χ0) is 20.1. The van der Waals surface area contributed by atoms with Gasteiger partial charge in [-0.25, -0.2) is 4.79 Å². The summed E-state index contributed by atoms with van der Waals surface area (Å²) in [5.74, 6) is -1.40. The molecule has 1 aromatic rings. The minimum atomic E-state index is -0.998. The lowest BCUT2D eigenvalue weighted by Crippen LogP contribution is -2.44. The van der Waals surface area contributed by atoms with Crippen molar-refractivity contribution < 1.29 is 24.2 Å². The third-order valence-electron chi connectivity index (χ3n) is 4.42. The summed E-state index contributed by atoms with van der Waals surface area (Å²) in [6.07, 6.45) is -0.931. The molecular formula is C18H24N4O5. The van der Waals surface area contributed by atoms with Crippen molar-refractivity contribution in [3.8, 4) is 0 Å². The third kappa shape index (κ3) is 5.44. The minimum Gasteiger partial charge on any atom is -0.481 e. The van der Waals surface area contributed by atoms with Gasteiger partial charge in [-0.15, -0.1) is 0 Å². The van der Waals surface area contributed by atoms with Gasteiger partial charge in [0.25, 0.3) is 0 Å². The lowest BCUT2D eigenvalue weighted by atomic mass is 9.95. The molecule has 1 heterocycles. The van der Waals surface area contributed by atoms with Gasteiger partial charge in [-0.05, 0) is 12.5 Å². The Labute approximate surface area is 157 Å². The molecule has 2 rings (SSSR count). The maximum absolute atomic E-state index is 12.2. The molecule has 27 heavy (non-hydrogen) atoms. The van der Waals surface area contributed by atoms with E-state index in [1.807, 2.05) is 0 Å². The van der Waals surface area contributed by atoms with E-state index in [1.54, 1.807) is 38.2 Å². The number of carbonyl (C=O) groups excluding carboxylic acids is 2. The molecule has 146 valence electrons. The summed E-state index contributed by atoms with van der Waals surface area (Å²) < 4.78 is 5.30. The molecular weight excluding hydrogens is 352 g/mol. The Morgan fingerprint density at radius 3 is 2.59 bits per heavy atom. The van der Waals surface area contributed by atoms with E-state index in [2.05, 4.69) is 5.32 Å². The van der Waals surface area contributed by atoms with Crippen LogP contribution in [0.1, 0.15) is 43.4 Å². The van der Waals surface area contributed by atoms with Crippen molar-refractivity contribution in [3.63, 3.8) is 0 Å². The first-order valence-electron chi connectivity index (χ1n) is 8.56. The Hall–Kier alpha value is -3.10. The van der Waals surface area contributed by atoms with E-state index < -0.39 is 24.2 Å². The fraction of sp³-hybridized carbons (Fsp3) is 0.444. The summed E-state index contributed by atoms with van der Waals surface area (Å²) in [4.78, 5) is 36.4. The molecule has 0 radical (unpaired) electrons. The van der Waals surface area contributed by atoms with Gasteiger partial charge in [0.15, 0.2) is 0 Å². The van der Waals surface area contributed by atoms with Crippen LogP contribution in [-0.4, -0.2) is 53.0 Å². The van der Waals surface area contributed by atoms with Gasteiger partial charge in [-0.3, -0.25) is 15.0 Å². The van der Waals surface area contributed by atoms with Gasteiger partial charge in [0, 0.05) is 25.1 Å². The number of cyclic esters (lactones) is 1. The van der Waals surface area contributed by atoms with Crippen LogP contribution in [0.25, 0.3) is 0 Å². The molecule has 1 saturated heterocycles. The fourth-order valence-corrected chi connectivity index (χ4v) is 3.03. The number of nitrogen functional groups attached to an aromatic ring is 1. The number of rotatable bonds is 7. The van der Waals surface area contributed by atoms with Crippen LogP contribution in [-0.2, 0) is 14.3 Å². The number of hydrogen-bond donors (Lipinski definition) is 4. The molecule has 0 spiro atoms. The van der Waals surface area contributed by atoms with E-state index in [0.717, 1.165) is 5.56 Å². The quantitative estimate of drug-likeness (QED) is 0.416. The van der Waals surface area contributed by atoms with Crippen LogP contribution in [0.15, 0.2) is 24.3 Å². The van der Waals surface area contributed by atoms with Gasteiger partial charge in [-0.1, -0.05) is 24.3 Å². The molecule has 0 unspecified atom stereocenters. The fourth-order valence-electron chi connectivity index (χ4n) is 3.03. The zero-order valence-corrected chi connectivity index (χ0v) is 15.3. The Balaban J connectivity index is 2.03. The first kappa shape index (κ1) is 20.2. The van der Waals surface area contributed by atoms with E-state index >= 15 is 0 Å². The highest BCUT2D eigenvalue weighted by atomic mass is 16.6. The Kier molecular flexibility index (Phi) is 6.38. The van der Waals surface area contributed by atoms with E-state index in [9.17, 15) is 14.4 Å². The Bertz CT molecular complexity index is 734. The number of nitrogens with one attached hydrogen (secondary N) is 2. The predicted molar refractivity (Wildman–Crippen MR) is 97.3 cm³/mol. The number of amidine groups is 1. The lowest BCUT2D eigenvalue weighted by molar-refractivity contribution is -0.137. The topological polar surface area (TPSA) is 146 Å². The number of aliphatic carboxylic acids is 1. The van der Waals surface area contributed by atoms with Gasteiger partial charge < -0.3 is 25.8 Å². The number of benzene rings is 1. The van der Waals surface area contributed by atoms with Gasteiger partial charge in [0.2, 0.25) is 5.91 Å². The van der Waals surface area contributed by atoms with E-state index in [4.69, 9.17) is 21.0 Å². The molecule has 0 saturated carbocycles. The van der Waals surface area contributed by atoms with Crippen LogP contribution in [0.4, 0.5) is 4.79 Å². The molecule has 0 bridgehead atoms. The maximum Gasteiger partial charge on any atom is 0.410 e. The zero-order valence-electron chi connectivity index (χ0n) is 15.3. The molecule has 2 amide bonds.